The summed E-state index contributed by atoms with van der Waals surface area (Å²) in [5, 5.41) is 2.90. The van der Waals surface area contributed by atoms with E-state index in [1.54, 1.807) is 6.92 Å². The van der Waals surface area contributed by atoms with Crippen molar-refractivity contribution in [3.8, 4) is 0 Å². The second-order valence-electron chi connectivity index (χ2n) is 9.56. The first kappa shape index (κ1) is 32.6. The fourth-order valence-electron chi connectivity index (χ4n) is 3.91. The monoisotopic (exact) mass is 458 g/mol. The number of rotatable bonds is 23. The normalized spacial score (nSPS) is 10.8. The van der Waals surface area contributed by atoms with Crippen LogP contribution < -0.4 is 5.32 Å². The van der Waals surface area contributed by atoms with Crippen molar-refractivity contribution in [2.24, 2.45) is 0 Å². The molecule has 0 saturated carbocycles. The third-order valence-corrected chi connectivity index (χ3v) is 5.96. The lowest BCUT2D eigenvalue weighted by molar-refractivity contribution is -0.117. The Hall–Kier alpha value is -0.540. The number of unbranched alkanes of at least 4 members (excludes halogenated alkanes) is 18. The van der Waals surface area contributed by atoms with Crippen molar-refractivity contribution in [1.29, 1.82) is 0 Å². The average molecular weight is 459 g/mol. The van der Waals surface area contributed by atoms with Crippen molar-refractivity contribution in [2.45, 2.75) is 129 Å². The van der Waals surface area contributed by atoms with Gasteiger partial charge in [0.05, 0.1) is 0 Å². The number of halogens is 1. The summed E-state index contributed by atoms with van der Waals surface area (Å²) in [6.07, 6.45) is 26.4. The van der Waals surface area contributed by atoms with E-state index in [0.717, 1.165) is 13.0 Å². The Balaban J connectivity index is 0. The van der Waals surface area contributed by atoms with Gasteiger partial charge in [0.2, 0.25) is 5.91 Å². The summed E-state index contributed by atoms with van der Waals surface area (Å²) < 4.78 is 0. The smallest absolute Gasteiger partial charge is 0.246 e. The Bertz CT molecular complexity index is 399. The maximum Gasteiger partial charge on any atom is 0.246 e. The van der Waals surface area contributed by atoms with E-state index < -0.39 is 0 Å². The second-order valence-corrected chi connectivity index (χ2v) is 9.56. The molecular formula is C27H55ClN2O. The largest absolute Gasteiger partial charge is 0.352 e. The number of carbonyl (C=O) groups excluding carboxylic acids is 1. The fourth-order valence-corrected chi connectivity index (χ4v) is 3.91. The van der Waals surface area contributed by atoms with Crippen molar-refractivity contribution in [3.05, 3.63) is 12.2 Å². The van der Waals surface area contributed by atoms with E-state index in [0.29, 0.717) is 5.57 Å². The van der Waals surface area contributed by atoms with Crippen LogP contribution in [0.15, 0.2) is 12.2 Å². The molecule has 0 spiro atoms. The van der Waals surface area contributed by atoms with E-state index in [2.05, 4.69) is 30.9 Å². The van der Waals surface area contributed by atoms with Crippen LogP contribution in [0.4, 0.5) is 0 Å². The highest BCUT2D eigenvalue weighted by atomic mass is 35.5. The highest BCUT2D eigenvalue weighted by molar-refractivity contribution is 5.91. The van der Waals surface area contributed by atoms with E-state index in [1.165, 1.54) is 122 Å². The Morgan fingerprint density at radius 1 is 0.613 bits per heavy atom. The van der Waals surface area contributed by atoms with Crippen LogP contribution in [0.25, 0.3) is 0 Å². The molecular weight excluding hydrogens is 404 g/mol. The highest BCUT2D eigenvalue weighted by Crippen LogP contribution is 2.14. The molecule has 0 atom stereocenters. The lowest BCUT2D eigenvalue weighted by Crippen LogP contribution is -2.24. The van der Waals surface area contributed by atoms with Crippen LogP contribution in [-0.4, -0.2) is 38.0 Å². The predicted molar refractivity (Wildman–Crippen MR) is 141 cm³/mol. The summed E-state index contributed by atoms with van der Waals surface area (Å²) in [7, 11) is 4.34. The summed E-state index contributed by atoms with van der Waals surface area (Å²) in [6.45, 7) is 7.45. The molecule has 3 nitrogen and oxygen atoms in total. The number of hydrogen-bond donors (Lipinski definition) is 1. The molecule has 186 valence electrons. The van der Waals surface area contributed by atoms with Crippen LogP contribution in [0.2, 0.25) is 0 Å². The number of amides is 1. The van der Waals surface area contributed by atoms with Gasteiger partial charge in [0.25, 0.3) is 0 Å². The highest BCUT2D eigenvalue weighted by Gasteiger charge is 1.99. The van der Waals surface area contributed by atoms with Gasteiger partial charge in [0.15, 0.2) is 0 Å². The van der Waals surface area contributed by atoms with Gasteiger partial charge < -0.3 is 10.2 Å². The van der Waals surface area contributed by atoms with Gasteiger partial charge >= 0.3 is 0 Å². The van der Waals surface area contributed by atoms with Crippen LogP contribution in [0.1, 0.15) is 129 Å². The molecule has 0 aliphatic carbocycles. The molecule has 0 saturated heterocycles. The minimum absolute atomic E-state index is 0. The molecule has 0 heterocycles. The number of nitrogens with zero attached hydrogens (tertiary/aromatic N) is 1. The molecule has 1 N–H and O–H groups in total. The van der Waals surface area contributed by atoms with E-state index in [9.17, 15) is 4.79 Å². The molecule has 0 unspecified atom stereocenters. The average Bonchev–Trinajstić information content (AvgIpc) is 2.71. The van der Waals surface area contributed by atoms with Gasteiger partial charge in [-0.1, -0.05) is 116 Å². The zero-order chi connectivity index (χ0) is 22.3. The lowest BCUT2D eigenvalue weighted by atomic mass is 10.0. The number of hydrogen-bond acceptors (Lipinski definition) is 2. The van der Waals surface area contributed by atoms with Crippen LogP contribution in [0.5, 0.6) is 0 Å². The van der Waals surface area contributed by atoms with Crippen molar-refractivity contribution >= 4 is 18.3 Å². The molecule has 0 fully saturated rings. The zero-order valence-corrected chi connectivity index (χ0v) is 22.1. The Kier molecular flexibility index (Phi) is 27.1. The molecule has 0 radical (unpaired) electrons. The number of carbonyl (C=O) groups is 1. The molecule has 0 aromatic rings. The van der Waals surface area contributed by atoms with Crippen molar-refractivity contribution in [2.75, 3.05) is 27.2 Å². The molecule has 1 amide bonds. The van der Waals surface area contributed by atoms with Gasteiger partial charge in [-0.25, -0.2) is 0 Å². The second kappa shape index (κ2) is 25.7. The van der Waals surface area contributed by atoms with Crippen molar-refractivity contribution < 1.29 is 4.79 Å². The molecule has 4 heteroatoms. The third kappa shape index (κ3) is 27.4. The molecule has 0 bridgehead atoms. The summed E-state index contributed by atoms with van der Waals surface area (Å²) >= 11 is 0. The quantitative estimate of drug-likeness (QED) is 0.124. The van der Waals surface area contributed by atoms with Gasteiger partial charge in [-0.3, -0.25) is 4.79 Å². The van der Waals surface area contributed by atoms with Crippen LogP contribution in [0.3, 0.4) is 0 Å². The Morgan fingerprint density at radius 2 is 0.903 bits per heavy atom. The first-order valence-electron chi connectivity index (χ1n) is 13.1. The SMILES string of the molecule is C=C(C)C(=O)NCCCCCCCCCCCCCCCCCCCCCN(C)C.Cl. The van der Waals surface area contributed by atoms with E-state index in [-0.39, 0.29) is 18.3 Å². The molecule has 0 rings (SSSR count). The molecule has 0 aliphatic heterocycles. The fraction of sp³-hybridized carbons (Fsp3) is 0.889. The van der Waals surface area contributed by atoms with Crippen LogP contribution in [0, 0.1) is 0 Å². The van der Waals surface area contributed by atoms with Gasteiger partial charge in [0, 0.05) is 12.1 Å². The van der Waals surface area contributed by atoms with E-state index in [4.69, 9.17) is 0 Å². The van der Waals surface area contributed by atoms with Crippen LogP contribution in [-0.2, 0) is 4.79 Å². The first-order valence-corrected chi connectivity index (χ1v) is 13.1. The van der Waals surface area contributed by atoms with Gasteiger partial charge in [-0.05, 0) is 40.4 Å². The minimum atomic E-state index is -0.00310. The third-order valence-electron chi connectivity index (χ3n) is 5.96. The van der Waals surface area contributed by atoms with Gasteiger partial charge in [0.1, 0.15) is 0 Å². The Morgan fingerprint density at radius 3 is 1.19 bits per heavy atom. The Labute approximate surface area is 201 Å². The molecule has 31 heavy (non-hydrogen) atoms. The maximum atomic E-state index is 11.3. The maximum absolute atomic E-state index is 11.3. The molecule has 0 aliphatic rings. The van der Waals surface area contributed by atoms with Crippen molar-refractivity contribution in [3.63, 3.8) is 0 Å². The first-order chi connectivity index (χ1) is 14.5. The summed E-state index contributed by atoms with van der Waals surface area (Å²) in [5.41, 5.74) is 0.604. The number of nitrogens with one attached hydrogen (secondary N) is 1. The van der Waals surface area contributed by atoms with Crippen molar-refractivity contribution in [1.82, 2.24) is 10.2 Å². The predicted octanol–water partition coefficient (Wildman–Crippen LogP) is 8.07. The lowest BCUT2D eigenvalue weighted by Gasteiger charge is -2.08. The topological polar surface area (TPSA) is 32.3 Å². The summed E-state index contributed by atoms with van der Waals surface area (Å²) in [5.74, 6) is -0.00310. The van der Waals surface area contributed by atoms with Gasteiger partial charge in [-0.15, -0.1) is 12.4 Å². The van der Waals surface area contributed by atoms with E-state index >= 15 is 0 Å². The van der Waals surface area contributed by atoms with Gasteiger partial charge in [-0.2, -0.15) is 0 Å². The summed E-state index contributed by atoms with van der Waals surface area (Å²) in [4.78, 5) is 13.6. The summed E-state index contributed by atoms with van der Waals surface area (Å²) in [6, 6.07) is 0. The minimum Gasteiger partial charge on any atom is -0.352 e. The zero-order valence-electron chi connectivity index (χ0n) is 21.3. The molecule has 0 aromatic carbocycles. The molecule has 0 aromatic heterocycles. The van der Waals surface area contributed by atoms with E-state index in [1.807, 2.05) is 0 Å². The standard InChI is InChI=1S/C27H54N2O.ClH/c1-26(2)27(30)28-24-22-20-18-16-14-12-10-8-6-5-7-9-11-13-15-17-19-21-23-25-29(3)4;/h1,5-25H2,2-4H3,(H,28,30);1H. The van der Waals surface area contributed by atoms with Crippen LogP contribution >= 0.6 is 12.4 Å².